The van der Waals surface area contributed by atoms with Crippen LogP contribution in [0, 0.1) is 0 Å². The van der Waals surface area contributed by atoms with Crippen molar-refractivity contribution in [3.05, 3.63) is 0 Å². The second-order valence-corrected chi connectivity index (χ2v) is 13.5. The fourth-order valence-corrected chi connectivity index (χ4v) is 4.63. The van der Waals surface area contributed by atoms with Crippen molar-refractivity contribution in [3.8, 4) is 0 Å². The fourth-order valence-electron chi connectivity index (χ4n) is 3.91. The summed E-state index contributed by atoms with van der Waals surface area (Å²) in [6.45, 7) is -4.88. The van der Waals surface area contributed by atoms with E-state index in [0.29, 0.717) is 12.8 Å². The van der Waals surface area contributed by atoms with Gasteiger partial charge in [0.1, 0.15) is 19.8 Å². The van der Waals surface area contributed by atoms with Gasteiger partial charge >= 0.3 is 11.9 Å². The summed E-state index contributed by atoms with van der Waals surface area (Å²) in [5, 5.41) is 0. The molecule has 0 saturated carbocycles. The van der Waals surface area contributed by atoms with Crippen LogP contribution in [0.1, 0.15) is 235 Å². The first kappa shape index (κ1) is 18.1. The smallest absolute Gasteiger partial charge is 0.306 e. The second kappa shape index (κ2) is 33.8. The Bertz CT molecular complexity index is 2080. The van der Waals surface area contributed by atoms with Crippen molar-refractivity contribution in [1.29, 1.82) is 0 Å². The number of rotatable bonds is 38. The SMILES string of the molecule is [2H]C([2H])([2H])C([2H])([2H])C([2H])([2H])C([2H])([2H])C([2H])([2H])C([2H])([2H])C([2H])([2H])C([2H])([2H])C([2H])([2H])C([2H])([2H])C([2H])([2H])C([2H])([2H])C([2H])([2H])C([2H])([2H])C([2H])([2H])C(=O)O[C@H](COC(=O)CCCCCCCCCCCCCCC)COP(=O)([O-])OCC[N+](C)(C)C. The van der Waals surface area contributed by atoms with E-state index >= 15 is 0 Å². The molecular weight excluding hydrogens is 653 g/mol. The molecule has 0 aromatic carbocycles. The van der Waals surface area contributed by atoms with Crippen LogP contribution in [0.25, 0.3) is 0 Å². The molecule has 0 aromatic rings. The van der Waals surface area contributed by atoms with E-state index in [4.69, 9.17) is 61.0 Å². The molecule has 0 rings (SSSR count). The van der Waals surface area contributed by atoms with Gasteiger partial charge in [-0.2, -0.15) is 0 Å². The number of carbonyl (C=O) groups is 2. The molecule has 0 aromatic heterocycles. The number of hydrogen-bond donors (Lipinski definition) is 0. The van der Waals surface area contributed by atoms with Crippen LogP contribution in [0.3, 0.4) is 0 Å². The van der Waals surface area contributed by atoms with Gasteiger partial charge in [0.2, 0.25) is 0 Å². The van der Waals surface area contributed by atoms with E-state index in [9.17, 15) is 19.0 Å². The molecule has 0 radical (unpaired) electrons. The lowest BCUT2D eigenvalue weighted by Crippen LogP contribution is -2.37. The first-order chi connectivity index (χ1) is 35.7. The van der Waals surface area contributed by atoms with Crippen molar-refractivity contribution in [2.24, 2.45) is 0 Å². The third-order valence-corrected chi connectivity index (χ3v) is 7.50. The molecule has 0 aliphatic rings. The van der Waals surface area contributed by atoms with Crippen LogP contribution in [0.4, 0.5) is 0 Å². The van der Waals surface area contributed by atoms with Crippen molar-refractivity contribution in [2.75, 3.05) is 47.5 Å². The summed E-state index contributed by atoms with van der Waals surface area (Å²) < 4.78 is 287. The van der Waals surface area contributed by atoms with Crippen LogP contribution in [0.5, 0.6) is 0 Å². The Labute approximate surface area is 352 Å². The minimum Gasteiger partial charge on any atom is -0.756 e. The van der Waals surface area contributed by atoms with Gasteiger partial charge in [-0.25, -0.2) is 0 Å². The van der Waals surface area contributed by atoms with Gasteiger partial charge in [0, 0.05) is 55.3 Å². The minimum atomic E-state index is -5.33. The Morgan fingerprint density at radius 1 is 0.680 bits per heavy atom. The summed E-state index contributed by atoms with van der Waals surface area (Å²) in [7, 11) is -0.304. The van der Waals surface area contributed by atoms with Crippen LogP contribution in [-0.2, 0) is 32.7 Å². The zero-order valence-electron chi connectivity index (χ0n) is 61.0. The first-order valence-corrected chi connectivity index (χ1v) is 18.4. The number of hydrogen-bond acceptors (Lipinski definition) is 8. The van der Waals surface area contributed by atoms with Gasteiger partial charge in [-0.3, -0.25) is 14.2 Å². The van der Waals surface area contributed by atoms with Gasteiger partial charge in [-0.1, -0.05) is 167 Å². The number of ether oxygens (including phenoxy) is 2. The highest BCUT2D eigenvalue weighted by atomic mass is 31.2. The third kappa shape index (κ3) is 36.8. The Morgan fingerprint density at radius 3 is 1.66 bits per heavy atom. The molecule has 9 nitrogen and oxygen atoms in total. The lowest BCUT2D eigenvalue weighted by atomic mass is 10.0. The van der Waals surface area contributed by atoms with Crippen LogP contribution >= 0.6 is 7.82 Å². The van der Waals surface area contributed by atoms with Crippen molar-refractivity contribution in [1.82, 2.24) is 0 Å². The zero-order valence-corrected chi connectivity index (χ0v) is 30.9. The van der Waals surface area contributed by atoms with Crippen molar-refractivity contribution in [2.45, 2.75) is 199 Å². The molecule has 50 heavy (non-hydrogen) atoms. The van der Waals surface area contributed by atoms with E-state index < -0.39 is 142 Å². The van der Waals surface area contributed by atoms with Gasteiger partial charge in [0.15, 0.2) is 6.10 Å². The van der Waals surface area contributed by atoms with Gasteiger partial charge < -0.3 is 27.9 Å². The number of quaternary nitrogens is 1. The summed E-state index contributed by atoms with van der Waals surface area (Å²) in [4.78, 5) is 39.0. The average Bonchev–Trinajstić information content (AvgIpc) is 3.29. The molecule has 0 fully saturated rings. The van der Waals surface area contributed by atoms with Crippen LogP contribution in [0.15, 0.2) is 0 Å². The van der Waals surface area contributed by atoms with Crippen LogP contribution in [-0.4, -0.2) is 70.0 Å². The minimum absolute atomic E-state index is 0.0958. The number of likely N-dealkylation sites (N-methyl/N-ethyl adjacent to an activating group) is 1. The van der Waals surface area contributed by atoms with Crippen molar-refractivity contribution >= 4 is 19.8 Å². The maximum Gasteiger partial charge on any atom is 0.306 e. The number of phosphoric acid groups is 1. The Balaban J connectivity index is 7.00. The maximum atomic E-state index is 13.6. The van der Waals surface area contributed by atoms with Crippen LogP contribution in [0.2, 0.25) is 0 Å². The molecule has 0 bridgehead atoms. The largest absolute Gasteiger partial charge is 0.756 e. The van der Waals surface area contributed by atoms with E-state index in [1.165, 1.54) is 25.7 Å². The number of phosphoric ester groups is 1. The molecular formula is C40H80NO8P. The molecule has 0 N–H and O–H groups in total. The number of nitrogens with zero attached hydrogens (tertiary/aromatic N) is 1. The summed E-state index contributed by atoms with van der Waals surface area (Å²) >= 11 is 0. The number of unbranched alkanes of at least 4 members (excludes halogenated alkanes) is 12. The second-order valence-electron chi connectivity index (χ2n) is 12.0. The molecule has 0 heterocycles. The lowest BCUT2D eigenvalue weighted by Gasteiger charge is -2.28. The fraction of sp³-hybridized carbons (Fsp3) is 0.950. The molecule has 0 saturated heterocycles. The van der Waals surface area contributed by atoms with Crippen LogP contribution < -0.4 is 4.89 Å². The highest BCUT2D eigenvalue weighted by molar-refractivity contribution is 7.45. The van der Waals surface area contributed by atoms with Crippen molar-refractivity contribution < 1.29 is 84.5 Å². The summed E-state index contributed by atoms with van der Waals surface area (Å²) in [6.07, 6.45) is -59.8. The molecule has 298 valence electrons. The molecule has 0 aliphatic carbocycles. The van der Waals surface area contributed by atoms with Crippen molar-refractivity contribution in [3.63, 3.8) is 0 Å². The molecule has 1 unspecified atom stereocenters. The predicted octanol–water partition coefficient (Wildman–Crippen LogP) is 10.6. The summed E-state index contributed by atoms with van der Waals surface area (Å²) in [6, 6.07) is 0. The monoisotopic (exact) mass is 765 g/mol. The van der Waals surface area contributed by atoms with E-state index in [1.54, 1.807) is 21.1 Å². The van der Waals surface area contributed by atoms with E-state index in [-0.39, 0.29) is 17.4 Å². The first-order valence-electron chi connectivity index (χ1n) is 32.4. The van der Waals surface area contributed by atoms with E-state index in [1.807, 2.05) is 0 Å². The highest BCUT2D eigenvalue weighted by Crippen LogP contribution is 2.38. The molecule has 0 aliphatic heterocycles. The highest BCUT2D eigenvalue weighted by Gasteiger charge is 2.21. The Hall–Kier alpha value is -0.990. The normalized spacial score (nSPS) is 27.1. The van der Waals surface area contributed by atoms with Gasteiger partial charge in [0.05, 0.1) is 27.7 Å². The molecule has 10 heteroatoms. The zero-order chi connectivity index (χ0) is 64.8. The summed E-state index contributed by atoms with van der Waals surface area (Å²) in [5.74, 6) is -3.51. The van der Waals surface area contributed by atoms with Gasteiger partial charge in [0.25, 0.3) is 7.82 Å². The Kier molecular flexibility index (Phi) is 12.2. The lowest BCUT2D eigenvalue weighted by molar-refractivity contribution is -0.870. The van der Waals surface area contributed by atoms with Gasteiger partial charge in [-0.05, 0) is 12.8 Å². The number of carbonyl (C=O) groups excluding carboxylic acids is 2. The Morgan fingerprint density at radius 2 is 1.16 bits per heavy atom. The topological polar surface area (TPSA) is 111 Å². The predicted molar refractivity (Wildman–Crippen MR) is 204 cm³/mol. The maximum absolute atomic E-state index is 13.6. The third-order valence-electron chi connectivity index (χ3n) is 6.53. The molecule has 2 atom stereocenters. The standard InChI is InChI=1S/C40H80NO8P/c1-6-8-10-12-14-16-18-20-22-24-26-28-30-32-39(42)46-36-38(37-48-50(44,45)47-35-34-41(3,4)5)49-40(43)33-31-29-27-25-23-21-19-17-15-13-11-9-7-2/h38H,6-37H2,1-5H3/t38-/m1/s1/i2D3,7D2,9D2,11D2,13D2,15D2,17D2,19D2,21D2,23D2,25D2,27D2,29D2,31D2,33D2. The average molecular weight is 765 g/mol. The van der Waals surface area contributed by atoms with Gasteiger partial charge in [-0.15, -0.1) is 0 Å². The number of esters is 2. The molecule has 0 amide bonds. The van der Waals surface area contributed by atoms with E-state index in [0.717, 1.165) is 44.9 Å². The van der Waals surface area contributed by atoms with E-state index in [2.05, 4.69) is 6.92 Å². The quantitative estimate of drug-likeness (QED) is 0.0264. The summed E-state index contributed by atoms with van der Waals surface area (Å²) in [5.41, 5.74) is 0. The molecule has 0 spiro atoms.